The Morgan fingerprint density at radius 2 is 1.84 bits per heavy atom. The summed E-state index contributed by atoms with van der Waals surface area (Å²) in [6.45, 7) is 4.23. The molecule has 1 aromatic heterocycles. The van der Waals surface area contributed by atoms with Gasteiger partial charge < -0.3 is 5.32 Å². The van der Waals surface area contributed by atoms with E-state index in [1.165, 1.54) is 5.56 Å². The van der Waals surface area contributed by atoms with Crippen LogP contribution < -0.4 is 5.32 Å². The first kappa shape index (κ1) is 13.5. The summed E-state index contributed by atoms with van der Waals surface area (Å²) in [4.78, 5) is 8.45. The molecule has 0 unspecified atom stereocenters. The fraction of sp³-hybridized carbons (Fsp3) is 0.333. The monoisotopic (exact) mass is 259 g/mol. The van der Waals surface area contributed by atoms with Gasteiger partial charge in [-0.2, -0.15) is 0 Å². The third kappa shape index (κ3) is 3.50. The van der Waals surface area contributed by atoms with E-state index in [0.717, 1.165) is 6.42 Å². The van der Waals surface area contributed by atoms with Gasteiger partial charge in [-0.05, 0) is 25.8 Å². The standard InChI is InChI=1S/C15H18FN3/c1-3-17-15-14(16)11(2)18-13(19-15)10-9-12-7-5-4-6-8-12/h4-8H,3,9-10H2,1-2H3,(H,17,18,19). The molecule has 2 aromatic rings. The van der Waals surface area contributed by atoms with Crippen molar-refractivity contribution in [1.29, 1.82) is 0 Å². The molecule has 0 spiro atoms. The first-order valence-corrected chi connectivity index (χ1v) is 6.51. The van der Waals surface area contributed by atoms with Gasteiger partial charge in [-0.1, -0.05) is 30.3 Å². The molecule has 0 radical (unpaired) electrons. The van der Waals surface area contributed by atoms with Crippen molar-refractivity contribution in [2.45, 2.75) is 26.7 Å². The molecule has 0 atom stereocenters. The second kappa shape index (κ2) is 6.27. The van der Waals surface area contributed by atoms with Crippen LogP contribution in [-0.2, 0) is 12.8 Å². The number of hydrogen-bond donors (Lipinski definition) is 1. The van der Waals surface area contributed by atoms with Crippen LogP contribution in [0.1, 0.15) is 24.0 Å². The summed E-state index contributed by atoms with van der Waals surface area (Å²) in [6, 6.07) is 10.2. The maximum absolute atomic E-state index is 13.7. The summed E-state index contributed by atoms with van der Waals surface area (Å²) in [7, 11) is 0. The number of rotatable bonds is 5. The Morgan fingerprint density at radius 3 is 2.53 bits per heavy atom. The molecule has 1 aromatic carbocycles. The second-order valence-electron chi connectivity index (χ2n) is 4.40. The molecule has 4 heteroatoms. The van der Waals surface area contributed by atoms with E-state index in [4.69, 9.17) is 0 Å². The molecule has 1 heterocycles. The number of nitrogens with one attached hydrogen (secondary N) is 1. The van der Waals surface area contributed by atoms with Gasteiger partial charge in [0.05, 0.1) is 5.69 Å². The van der Waals surface area contributed by atoms with Crippen molar-refractivity contribution in [2.24, 2.45) is 0 Å². The van der Waals surface area contributed by atoms with Gasteiger partial charge in [0.15, 0.2) is 11.6 Å². The Hall–Kier alpha value is -1.97. The number of aryl methyl sites for hydroxylation is 3. The number of benzene rings is 1. The van der Waals surface area contributed by atoms with Crippen molar-refractivity contribution in [3.05, 3.63) is 53.2 Å². The Morgan fingerprint density at radius 1 is 1.11 bits per heavy atom. The highest BCUT2D eigenvalue weighted by molar-refractivity contribution is 5.38. The normalized spacial score (nSPS) is 10.5. The molecule has 0 aliphatic heterocycles. The summed E-state index contributed by atoms with van der Waals surface area (Å²) in [5.74, 6) is 0.627. The highest BCUT2D eigenvalue weighted by Gasteiger charge is 2.10. The van der Waals surface area contributed by atoms with Gasteiger partial charge >= 0.3 is 0 Å². The minimum Gasteiger partial charge on any atom is -0.368 e. The molecule has 2 rings (SSSR count). The van der Waals surface area contributed by atoms with E-state index in [2.05, 4.69) is 27.4 Å². The second-order valence-corrected chi connectivity index (χ2v) is 4.40. The van der Waals surface area contributed by atoms with Gasteiger partial charge in [0, 0.05) is 13.0 Å². The number of halogens is 1. The van der Waals surface area contributed by atoms with Crippen molar-refractivity contribution < 1.29 is 4.39 Å². The molecular weight excluding hydrogens is 241 g/mol. The molecule has 3 nitrogen and oxygen atoms in total. The summed E-state index contributed by atoms with van der Waals surface area (Å²) in [5, 5.41) is 2.93. The SMILES string of the molecule is CCNc1nc(CCc2ccccc2)nc(C)c1F. The van der Waals surface area contributed by atoms with Crippen LogP contribution in [0.2, 0.25) is 0 Å². The third-order valence-corrected chi connectivity index (χ3v) is 2.89. The number of nitrogens with zero attached hydrogens (tertiary/aromatic N) is 2. The van der Waals surface area contributed by atoms with Gasteiger partial charge in [0.2, 0.25) is 0 Å². The molecule has 0 aliphatic carbocycles. The lowest BCUT2D eigenvalue weighted by atomic mass is 10.1. The van der Waals surface area contributed by atoms with Crippen molar-refractivity contribution in [3.63, 3.8) is 0 Å². The van der Waals surface area contributed by atoms with Gasteiger partial charge in [-0.3, -0.25) is 0 Å². The van der Waals surface area contributed by atoms with Gasteiger partial charge in [-0.25, -0.2) is 14.4 Å². The fourth-order valence-corrected chi connectivity index (χ4v) is 1.91. The lowest BCUT2D eigenvalue weighted by Crippen LogP contribution is -2.09. The Labute approximate surface area is 112 Å². The van der Waals surface area contributed by atoms with E-state index in [9.17, 15) is 4.39 Å². The smallest absolute Gasteiger partial charge is 0.186 e. The van der Waals surface area contributed by atoms with E-state index >= 15 is 0 Å². The van der Waals surface area contributed by atoms with E-state index < -0.39 is 0 Å². The molecule has 0 saturated carbocycles. The van der Waals surface area contributed by atoms with Crippen molar-refractivity contribution in [1.82, 2.24) is 9.97 Å². The quantitative estimate of drug-likeness (QED) is 0.896. The molecule has 19 heavy (non-hydrogen) atoms. The molecule has 0 amide bonds. The molecular formula is C15H18FN3. The van der Waals surface area contributed by atoms with E-state index in [1.54, 1.807) is 6.92 Å². The van der Waals surface area contributed by atoms with Crippen molar-refractivity contribution in [2.75, 3.05) is 11.9 Å². The van der Waals surface area contributed by atoms with Crippen LogP contribution in [-0.4, -0.2) is 16.5 Å². The Balaban J connectivity index is 2.12. The van der Waals surface area contributed by atoms with Crippen LogP contribution in [0.15, 0.2) is 30.3 Å². The number of anilines is 1. The maximum atomic E-state index is 13.7. The molecule has 0 fully saturated rings. The summed E-state index contributed by atoms with van der Waals surface area (Å²) < 4.78 is 13.7. The average Bonchev–Trinajstić information content (AvgIpc) is 2.43. The van der Waals surface area contributed by atoms with Gasteiger partial charge in [0.25, 0.3) is 0 Å². The lowest BCUT2D eigenvalue weighted by Gasteiger charge is -2.08. The lowest BCUT2D eigenvalue weighted by molar-refractivity contribution is 0.599. The largest absolute Gasteiger partial charge is 0.368 e. The molecule has 0 bridgehead atoms. The highest BCUT2D eigenvalue weighted by atomic mass is 19.1. The topological polar surface area (TPSA) is 37.8 Å². The predicted molar refractivity (Wildman–Crippen MR) is 74.7 cm³/mol. The van der Waals surface area contributed by atoms with Crippen LogP contribution in [0.4, 0.5) is 10.2 Å². The zero-order valence-electron chi connectivity index (χ0n) is 11.3. The Kier molecular flexibility index (Phi) is 4.44. The highest BCUT2D eigenvalue weighted by Crippen LogP contribution is 2.14. The van der Waals surface area contributed by atoms with E-state index in [0.29, 0.717) is 30.3 Å². The average molecular weight is 259 g/mol. The fourth-order valence-electron chi connectivity index (χ4n) is 1.91. The Bertz CT molecular complexity index is 541. The third-order valence-electron chi connectivity index (χ3n) is 2.89. The molecule has 0 aliphatic rings. The maximum Gasteiger partial charge on any atom is 0.186 e. The van der Waals surface area contributed by atoms with Crippen molar-refractivity contribution >= 4 is 5.82 Å². The van der Waals surface area contributed by atoms with E-state index in [1.807, 2.05) is 25.1 Å². The zero-order valence-corrected chi connectivity index (χ0v) is 11.3. The first-order chi connectivity index (χ1) is 9.20. The zero-order chi connectivity index (χ0) is 13.7. The minimum absolute atomic E-state index is 0.304. The molecule has 100 valence electrons. The minimum atomic E-state index is -0.356. The molecule has 1 N–H and O–H groups in total. The predicted octanol–water partition coefficient (Wildman–Crippen LogP) is 3.14. The van der Waals surface area contributed by atoms with Crippen molar-refractivity contribution in [3.8, 4) is 0 Å². The number of aromatic nitrogens is 2. The van der Waals surface area contributed by atoms with Crippen LogP contribution in [0, 0.1) is 12.7 Å². The van der Waals surface area contributed by atoms with Crippen LogP contribution in [0.25, 0.3) is 0 Å². The van der Waals surface area contributed by atoms with Crippen LogP contribution >= 0.6 is 0 Å². The summed E-state index contributed by atoms with van der Waals surface area (Å²) in [6.07, 6.45) is 1.57. The van der Waals surface area contributed by atoms with Crippen LogP contribution in [0.3, 0.4) is 0 Å². The van der Waals surface area contributed by atoms with Gasteiger partial charge in [0.1, 0.15) is 5.82 Å². The van der Waals surface area contributed by atoms with E-state index in [-0.39, 0.29) is 5.82 Å². The first-order valence-electron chi connectivity index (χ1n) is 6.51. The van der Waals surface area contributed by atoms with Crippen LogP contribution in [0.5, 0.6) is 0 Å². The van der Waals surface area contributed by atoms with Gasteiger partial charge in [-0.15, -0.1) is 0 Å². The summed E-state index contributed by atoms with van der Waals surface area (Å²) in [5.41, 5.74) is 1.63. The summed E-state index contributed by atoms with van der Waals surface area (Å²) >= 11 is 0. The molecule has 0 saturated heterocycles. The number of hydrogen-bond acceptors (Lipinski definition) is 3.